The third-order valence-electron chi connectivity index (χ3n) is 6.85. The molecule has 1 aliphatic carbocycles. The Hall–Kier alpha value is -0.790. The largest absolute Gasteiger partial charge is 0.377 e. The zero-order valence-electron chi connectivity index (χ0n) is 18.2. The normalized spacial score (nSPS) is 28.9. The number of hydrogen-bond donors (Lipinski definition) is 0. The van der Waals surface area contributed by atoms with E-state index in [4.69, 9.17) is 9.47 Å². The van der Waals surface area contributed by atoms with Crippen molar-refractivity contribution in [3.63, 3.8) is 0 Å². The maximum atomic E-state index is 6.21. The zero-order valence-corrected chi connectivity index (χ0v) is 19.0. The van der Waals surface area contributed by atoms with E-state index < -0.39 is 0 Å². The van der Waals surface area contributed by atoms with Crippen LogP contribution in [0.4, 0.5) is 5.95 Å². The minimum Gasteiger partial charge on any atom is -0.377 e. The summed E-state index contributed by atoms with van der Waals surface area (Å²) in [6, 6.07) is 0. The molecule has 7 heteroatoms. The molecule has 29 heavy (non-hydrogen) atoms. The minimum absolute atomic E-state index is 0.298. The quantitative estimate of drug-likeness (QED) is 0.458. The summed E-state index contributed by atoms with van der Waals surface area (Å²) in [5.74, 6) is 3.49. The Morgan fingerprint density at radius 3 is 2.62 bits per heavy atom. The summed E-state index contributed by atoms with van der Waals surface area (Å²) < 4.78 is 14.5. The molecule has 0 aromatic carbocycles. The van der Waals surface area contributed by atoms with Crippen LogP contribution in [0.2, 0.25) is 0 Å². The fraction of sp³-hybridized carbons (Fsp3) is 0.909. The Kier molecular flexibility index (Phi) is 7.76. The second-order valence-electron chi connectivity index (χ2n) is 9.22. The van der Waals surface area contributed by atoms with E-state index in [1.54, 1.807) is 11.8 Å². The lowest BCUT2D eigenvalue weighted by atomic mass is 9.88. The Bertz CT molecular complexity index is 626. The first-order valence-electron chi connectivity index (χ1n) is 11.7. The van der Waals surface area contributed by atoms with Crippen LogP contribution >= 0.6 is 11.8 Å². The first kappa shape index (κ1) is 21.4. The number of hydrogen-bond acceptors (Lipinski definition) is 6. The molecule has 2 aliphatic heterocycles. The van der Waals surface area contributed by atoms with Gasteiger partial charge in [0.05, 0.1) is 25.4 Å². The average Bonchev–Trinajstić information content (AvgIpc) is 3.38. The molecule has 6 nitrogen and oxygen atoms in total. The van der Waals surface area contributed by atoms with Crippen LogP contribution in [0.3, 0.4) is 0 Å². The second-order valence-corrected chi connectivity index (χ2v) is 10.3. The van der Waals surface area contributed by atoms with Gasteiger partial charge in [0, 0.05) is 25.4 Å². The highest BCUT2D eigenvalue weighted by Gasteiger charge is 2.26. The van der Waals surface area contributed by atoms with Crippen molar-refractivity contribution in [1.29, 1.82) is 0 Å². The van der Waals surface area contributed by atoms with Crippen LogP contribution in [0.25, 0.3) is 0 Å². The summed E-state index contributed by atoms with van der Waals surface area (Å²) in [5, 5.41) is 10.2. The van der Waals surface area contributed by atoms with E-state index in [0.717, 1.165) is 62.0 Å². The van der Waals surface area contributed by atoms with Gasteiger partial charge in [-0.2, -0.15) is 0 Å². The van der Waals surface area contributed by atoms with E-state index in [1.165, 1.54) is 44.9 Å². The van der Waals surface area contributed by atoms with Crippen molar-refractivity contribution in [2.24, 2.45) is 11.8 Å². The lowest BCUT2D eigenvalue weighted by Crippen LogP contribution is -2.35. The average molecular weight is 423 g/mol. The number of anilines is 1. The van der Waals surface area contributed by atoms with E-state index in [9.17, 15) is 0 Å². The molecular weight excluding hydrogens is 384 g/mol. The van der Waals surface area contributed by atoms with E-state index in [1.807, 2.05) is 0 Å². The van der Waals surface area contributed by atoms with Gasteiger partial charge in [0.2, 0.25) is 5.95 Å². The molecule has 1 saturated carbocycles. The summed E-state index contributed by atoms with van der Waals surface area (Å²) in [6.45, 7) is 9.40. The molecule has 164 valence electrons. The highest BCUT2D eigenvalue weighted by Crippen LogP contribution is 2.29. The summed E-state index contributed by atoms with van der Waals surface area (Å²) in [7, 11) is 0. The molecular formula is C22H38N4O2S. The van der Waals surface area contributed by atoms with Crippen LogP contribution in [0.15, 0.2) is 5.16 Å². The molecule has 0 bridgehead atoms. The maximum absolute atomic E-state index is 6.21. The number of ether oxygens (including phenoxy) is 2. The smallest absolute Gasteiger partial charge is 0.228 e. The molecule has 2 saturated heterocycles. The van der Waals surface area contributed by atoms with Crippen LogP contribution in [0.1, 0.15) is 65.2 Å². The second kappa shape index (κ2) is 10.5. The van der Waals surface area contributed by atoms with E-state index in [0.29, 0.717) is 18.1 Å². The highest BCUT2D eigenvalue weighted by atomic mass is 32.2. The van der Waals surface area contributed by atoms with Gasteiger partial charge in [0.1, 0.15) is 0 Å². The third-order valence-corrected chi connectivity index (χ3v) is 7.78. The van der Waals surface area contributed by atoms with Crippen LogP contribution in [-0.2, 0) is 16.0 Å². The van der Waals surface area contributed by atoms with Crippen molar-refractivity contribution in [3.8, 4) is 0 Å². The standard InChI is InChI=1S/C22H38N4O2S/c1-17-9-11-25(12-10-17)21-23-24-22(26(21)16-19-7-5-13-27-19)29-15-14-28-20-8-4-3-6-18(20)2/h17-20H,3-16H2,1-2H3. The number of thioether (sulfide) groups is 1. The van der Waals surface area contributed by atoms with Crippen molar-refractivity contribution in [2.45, 2.75) is 89.1 Å². The molecule has 0 amide bonds. The van der Waals surface area contributed by atoms with Crippen LogP contribution in [0.5, 0.6) is 0 Å². The third kappa shape index (κ3) is 5.67. The topological polar surface area (TPSA) is 52.4 Å². The van der Waals surface area contributed by atoms with Gasteiger partial charge in [0.25, 0.3) is 0 Å². The van der Waals surface area contributed by atoms with Gasteiger partial charge in [0.15, 0.2) is 5.16 Å². The fourth-order valence-electron chi connectivity index (χ4n) is 4.84. The first-order valence-corrected chi connectivity index (χ1v) is 12.7. The van der Waals surface area contributed by atoms with Gasteiger partial charge < -0.3 is 14.4 Å². The van der Waals surface area contributed by atoms with Crippen LogP contribution in [-0.4, -0.2) is 59.0 Å². The summed E-state index contributed by atoms with van der Waals surface area (Å²) in [6.07, 6.45) is 10.7. The monoisotopic (exact) mass is 422 g/mol. The van der Waals surface area contributed by atoms with Gasteiger partial charge >= 0.3 is 0 Å². The molecule has 1 aromatic rings. The van der Waals surface area contributed by atoms with Crippen LogP contribution in [0, 0.1) is 11.8 Å². The molecule has 1 aromatic heterocycles. The number of rotatable bonds is 8. The lowest BCUT2D eigenvalue weighted by Gasteiger charge is -2.31. The fourth-order valence-corrected chi connectivity index (χ4v) is 5.62. The van der Waals surface area contributed by atoms with E-state index in [2.05, 4.69) is 33.5 Å². The number of nitrogens with zero attached hydrogens (tertiary/aromatic N) is 4. The lowest BCUT2D eigenvalue weighted by molar-refractivity contribution is 0.00344. The van der Waals surface area contributed by atoms with Crippen LogP contribution < -0.4 is 4.90 Å². The van der Waals surface area contributed by atoms with Crippen molar-refractivity contribution in [2.75, 3.05) is 37.0 Å². The van der Waals surface area contributed by atoms with Gasteiger partial charge in [-0.05, 0) is 50.4 Å². The molecule has 4 rings (SSSR count). The summed E-state index contributed by atoms with van der Waals surface area (Å²) in [5.41, 5.74) is 0. The number of aromatic nitrogens is 3. The van der Waals surface area contributed by atoms with Gasteiger partial charge in [-0.15, -0.1) is 10.2 Å². The maximum Gasteiger partial charge on any atom is 0.228 e. The predicted molar refractivity (Wildman–Crippen MR) is 118 cm³/mol. The van der Waals surface area contributed by atoms with Crippen molar-refractivity contribution in [3.05, 3.63) is 0 Å². The van der Waals surface area contributed by atoms with E-state index in [-0.39, 0.29) is 0 Å². The van der Waals surface area contributed by atoms with Crippen molar-refractivity contribution < 1.29 is 9.47 Å². The summed E-state index contributed by atoms with van der Waals surface area (Å²) in [4.78, 5) is 2.42. The highest BCUT2D eigenvalue weighted by molar-refractivity contribution is 7.99. The molecule has 0 N–H and O–H groups in total. The number of piperidine rings is 1. The Balaban J connectivity index is 1.36. The zero-order chi connectivity index (χ0) is 20.1. The Morgan fingerprint density at radius 2 is 1.86 bits per heavy atom. The van der Waals surface area contributed by atoms with Gasteiger partial charge in [-0.25, -0.2) is 0 Å². The molecule has 3 fully saturated rings. The minimum atomic E-state index is 0.298. The van der Waals surface area contributed by atoms with Gasteiger partial charge in [-0.1, -0.05) is 38.5 Å². The Morgan fingerprint density at radius 1 is 1.03 bits per heavy atom. The SMILES string of the molecule is CC1CCN(c2nnc(SCCOC3CCCCC3C)n2CC2CCCO2)CC1. The molecule has 3 unspecified atom stereocenters. The molecule has 0 spiro atoms. The molecule has 3 heterocycles. The van der Waals surface area contributed by atoms with Crippen molar-refractivity contribution in [1.82, 2.24) is 14.8 Å². The first-order chi connectivity index (χ1) is 14.2. The molecule has 0 radical (unpaired) electrons. The Labute approximate surface area is 180 Å². The molecule has 3 aliphatic rings. The predicted octanol–water partition coefficient (Wildman–Crippen LogP) is 4.38. The van der Waals surface area contributed by atoms with Crippen molar-refractivity contribution >= 4 is 17.7 Å². The van der Waals surface area contributed by atoms with Gasteiger partial charge in [-0.3, -0.25) is 4.57 Å². The van der Waals surface area contributed by atoms with E-state index >= 15 is 0 Å². The molecule has 3 atom stereocenters. The summed E-state index contributed by atoms with van der Waals surface area (Å²) >= 11 is 1.79.